The number of nitrogens with one attached hydrogen (secondary N) is 1. The van der Waals surface area contributed by atoms with Crippen LogP contribution in [-0.4, -0.2) is 19.6 Å². The number of terminal acetylenes is 1. The summed E-state index contributed by atoms with van der Waals surface area (Å²) >= 11 is 1.33. The van der Waals surface area contributed by atoms with E-state index in [2.05, 4.69) is 11.2 Å². The average Bonchev–Trinajstić information content (AvgIpc) is 2.72. The number of fused-ring (bicyclic) bond motifs is 1. The van der Waals surface area contributed by atoms with Gasteiger partial charge in [0.15, 0.2) is 0 Å². The van der Waals surface area contributed by atoms with Gasteiger partial charge in [0.05, 0.1) is 19.3 Å². The lowest BCUT2D eigenvalue weighted by Crippen LogP contribution is -2.23. The maximum absolute atomic E-state index is 11.8. The Balaban J connectivity index is 2.44. The Hall–Kier alpha value is -2.19. The predicted molar refractivity (Wildman–Crippen MR) is 74.0 cm³/mol. The number of rotatable bonds is 3. The topological polar surface area (TPSA) is 64.3 Å². The highest BCUT2D eigenvalue weighted by molar-refractivity contribution is 7.21. The number of carbonyl (C=O) groups excluding carboxylic acids is 1. The van der Waals surface area contributed by atoms with Crippen LogP contribution in [0.2, 0.25) is 0 Å². The van der Waals surface area contributed by atoms with Gasteiger partial charge in [-0.1, -0.05) is 5.92 Å². The number of nitrogens with two attached hydrogens (primary N) is 1. The number of carbonyl (C=O) groups is 1. The zero-order valence-corrected chi connectivity index (χ0v) is 10.6. The van der Waals surface area contributed by atoms with Crippen LogP contribution in [0.4, 0.5) is 5.69 Å². The van der Waals surface area contributed by atoms with E-state index in [4.69, 9.17) is 16.9 Å². The summed E-state index contributed by atoms with van der Waals surface area (Å²) in [6, 6.07) is 5.51. The van der Waals surface area contributed by atoms with Crippen molar-refractivity contribution in [1.82, 2.24) is 5.32 Å². The van der Waals surface area contributed by atoms with Crippen LogP contribution >= 0.6 is 11.3 Å². The molecule has 0 aliphatic rings. The second-order valence-electron chi connectivity index (χ2n) is 3.59. The van der Waals surface area contributed by atoms with E-state index in [0.29, 0.717) is 10.6 Å². The van der Waals surface area contributed by atoms with E-state index < -0.39 is 0 Å². The molecule has 5 heteroatoms. The number of hydrogen-bond donors (Lipinski definition) is 2. The number of benzene rings is 1. The molecule has 92 valence electrons. The van der Waals surface area contributed by atoms with Gasteiger partial charge in [-0.2, -0.15) is 0 Å². The molecule has 1 aromatic heterocycles. The quantitative estimate of drug-likeness (QED) is 0.828. The van der Waals surface area contributed by atoms with Crippen molar-refractivity contribution in [2.75, 3.05) is 19.4 Å². The maximum atomic E-state index is 11.8. The van der Waals surface area contributed by atoms with E-state index in [1.807, 2.05) is 18.2 Å². The second kappa shape index (κ2) is 4.98. The molecule has 2 aromatic rings. The molecule has 1 amide bonds. The molecule has 0 saturated heterocycles. The van der Waals surface area contributed by atoms with Gasteiger partial charge in [-0.15, -0.1) is 17.8 Å². The molecule has 4 nitrogen and oxygen atoms in total. The summed E-state index contributed by atoms with van der Waals surface area (Å²) < 4.78 is 6.05. The van der Waals surface area contributed by atoms with Crippen molar-refractivity contribution in [3.05, 3.63) is 23.1 Å². The van der Waals surface area contributed by atoms with Crippen LogP contribution in [-0.2, 0) is 0 Å². The van der Waals surface area contributed by atoms with Crippen LogP contribution in [0.15, 0.2) is 18.2 Å². The minimum Gasteiger partial charge on any atom is -0.497 e. The minimum atomic E-state index is -0.245. The molecule has 0 unspecified atom stereocenters. The lowest BCUT2D eigenvalue weighted by Gasteiger charge is -1.99. The Morgan fingerprint density at radius 2 is 2.39 bits per heavy atom. The Morgan fingerprint density at radius 1 is 1.61 bits per heavy atom. The van der Waals surface area contributed by atoms with Gasteiger partial charge < -0.3 is 15.8 Å². The zero-order valence-electron chi connectivity index (χ0n) is 9.82. The highest BCUT2D eigenvalue weighted by Gasteiger charge is 2.16. The molecular formula is C13H12N2O2S. The Labute approximate surface area is 109 Å². The van der Waals surface area contributed by atoms with Crippen molar-refractivity contribution in [2.45, 2.75) is 0 Å². The van der Waals surface area contributed by atoms with E-state index in [9.17, 15) is 4.79 Å². The summed E-state index contributed by atoms with van der Waals surface area (Å²) in [5, 5.41) is 3.46. The summed E-state index contributed by atoms with van der Waals surface area (Å²) in [7, 11) is 1.60. The molecule has 0 spiro atoms. The standard InChI is InChI=1S/C13H12N2O2S/c1-3-6-15-13(16)12-11(14)9-5-4-8(17-2)7-10(9)18-12/h1,4-5,7H,6,14H2,2H3,(H,15,16). The van der Waals surface area contributed by atoms with Crippen molar-refractivity contribution in [2.24, 2.45) is 0 Å². The van der Waals surface area contributed by atoms with Crippen molar-refractivity contribution in [3.63, 3.8) is 0 Å². The largest absolute Gasteiger partial charge is 0.497 e. The van der Waals surface area contributed by atoms with Crippen molar-refractivity contribution >= 4 is 33.0 Å². The molecule has 2 rings (SSSR count). The van der Waals surface area contributed by atoms with Crippen molar-refractivity contribution < 1.29 is 9.53 Å². The van der Waals surface area contributed by atoms with E-state index >= 15 is 0 Å². The molecule has 18 heavy (non-hydrogen) atoms. The monoisotopic (exact) mass is 260 g/mol. The molecule has 1 heterocycles. The van der Waals surface area contributed by atoms with Crippen LogP contribution < -0.4 is 15.8 Å². The molecule has 3 N–H and O–H groups in total. The van der Waals surface area contributed by atoms with Crippen LogP contribution in [0.25, 0.3) is 10.1 Å². The Morgan fingerprint density at radius 3 is 3.06 bits per heavy atom. The van der Waals surface area contributed by atoms with Gasteiger partial charge in [0, 0.05) is 10.1 Å². The zero-order chi connectivity index (χ0) is 13.1. The first-order valence-corrected chi connectivity index (χ1v) is 6.06. The highest BCUT2D eigenvalue weighted by atomic mass is 32.1. The van der Waals surface area contributed by atoms with E-state index in [1.165, 1.54) is 11.3 Å². The lowest BCUT2D eigenvalue weighted by atomic mass is 10.2. The molecule has 0 saturated carbocycles. The fourth-order valence-electron chi connectivity index (χ4n) is 1.60. The lowest BCUT2D eigenvalue weighted by molar-refractivity contribution is 0.0963. The molecule has 1 aromatic carbocycles. The number of methoxy groups -OCH3 is 1. The predicted octanol–water partition coefficient (Wildman–Crippen LogP) is 1.86. The van der Waals surface area contributed by atoms with Gasteiger partial charge in [-0.05, 0) is 18.2 Å². The molecule has 0 atom stereocenters. The maximum Gasteiger partial charge on any atom is 0.264 e. The molecule has 0 radical (unpaired) electrons. The average molecular weight is 260 g/mol. The fraction of sp³-hybridized carbons (Fsp3) is 0.154. The van der Waals surface area contributed by atoms with Crippen LogP contribution in [0, 0.1) is 12.3 Å². The summed E-state index contributed by atoms with van der Waals surface area (Å²) in [6.07, 6.45) is 5.10. The van der Waals surface area contributed by atoms with Crippen LogP contribution in [0.3, 0.4) is 0 Å². The van der Waals surface area contributed by atoms with Gasteiger partial charge in [0.2, 0.25) is 0 Å². The summed E-state index contributed by atoms with van der Waals surface area (Å²) in [5.74, 6) is 2.84. The third-order valence-electron chi connectivity index (χ3n) is 2.49. The molecule has 0 bridgehead atoms. The highest BCUT2D eigenvalue weighted by Crippen LogP contribution is 2.35. The number of nitrogen functional groups attached to an aromatic ring is 1. The van der Waals surface area contributed by atoms with E-state index in [0.717, 1.165) is 15.8 Å². The van der Waals surface area contributed by atoms with E-state index in [1.54, 1.807) is 7.11 Å². The third-order valence-corrected chi connectivity index (χ3v) is 3.66. The van der Waals surface area contributed by atoms with Crippen molar-refractivity contribution in [3.8, 4) is 18.1 Å². The number of ether oxygens (including phenoxy) is 1. The molecular weight excluding hydrogens is 248 g/mol. The first kappa shape index (κ1) is 12.3. The fourth-order valence-corrected chi connectivity index (χ4v) is 2.67. The second-order valence-corrected chi connectivity index (χ2v) is 4.65. The number of amides is 1. The Kier molecular flexibility index (Phi) is 3.40. The Bertz CT molecular complexity index is 640. The van der Waals surface area contributed by atoms with Crippen molar-refractivity contribution in [1.29, 1.82) is 0 Å². The van der Waals surface area contributed by atoms with Gasteiger partial charge in [-0.25, -0.2) is 0 Å². The summed E-state index contributed by atoms with van der Waals surface area (Å²) in [4.78, 5) is 12.3. The molecule has 0 aliphatic carbocycles. The van der Waals surface area contributed by atoms with Gasteiger partial charge in [0.25, 0.3) is 5.91 Å². The first-order chi connectivity index (χ1) is 8.67. The van der Waals surface area contributed by atoms with Crippen LogP contribution in [0.1, 0.15) is 9.67 Å². The SMILES string of the molecule is C#CCNC(=O)c1sc2cc(OC)ccc2c1N. The smallest absolute Gasteiger partial charge is 0.264 e. The summed E-state index contributed by atoms with van der Waals surface area (Å²) in [6.45, 7) is 0.190. The normalized spacial score (nSPS) is 10.0. The third kappa shape index (κ3) is 2.11. The van der Waals surface area contributed by atoms with Gasteiger partial charge in [0.1, 0.15) is 10.6 Å². The van der Waals surface area contributed by atoms with Gasteiger partial charge >= 0.3 is 0 Å². The number of anilines is 1. The number of thiophene rings is 1. The van der Waals surface area contributed by atoms with E-state index in [-0.39, 0.29) is 12.5 Å². The first-order valence-electron chi connectivity index (χ1n) is 5.25. The van der Waals surface area contributed by atoms with Gasteiger partial charge in [-0.3, -0.25) is 4.79 Å². The summed E-state index contributed by atoms with van der Waals surface area (Å²) in [5.41, 5.74) is 6.44. The minimum absolute atomic E-state index is 0.190. The van der Waals surface area contributed by atoms with Crippen LogP contribution in [0.5, 0.6) is 5.75 Å². The molecule has 0 aliphatic heterocycles. The molecule has 0 fully saturated rings. The number of hydrogen-bond acceptors (Lipinski definition) is 4.